The van der Waals surface area contributed by atoms with Crippen molar-refractivity contribution >= 4 is 6.29 Å². The molecule has 0 aliphatic rings. The van der Waals surface area contributed by atoms with E-state index in [9.17, 15) is 9.18 Å². The van der Waals surface area contributed by atoms with E-state index in [2.05, 4.69) is 11.8 Å². The first kappa shape index (κ1) is 9.47. The average Bonchev–Trinajstić information content (AvgIpc) is 2.09. The van der Waals surface area contributed by atoms with Gasteiger partial charge in [-0.3, -0.25) is 0 Å². The van der Waals surface area contributed by atoms with E-state index in [0.29, 0.717) is 11.8 Å². The molecule has 0 aliphatic carbocycles. The second-order valence-electron chi connectivity index (χ2n) is 2.66. The summed E-state index contributed by atoms with van der Waals surface area (Å²) in [6.07, 6.45) is 0.840. The van der Waals surface area contributed by atoms with Gasteiger partial charge in [0.2, 0.25) is 0 Å². The van der Waals surface area contributed by atoms with E-state index in [1.165, 1.54) is 6.07 Å². The first-order valence-electron chi connectivity index (χ1n) is 3.92. The van der Waals surface area contributed by atoms with Crippen LogP contribution in [0.1, 0.15) is 17.5 Å². The highest BCUT2D eigenvalue weighted by Gasteiger charge is 1.97. The molecule has 1 aromatic carbocycles. The fraction of sp³-hybridized carbons (Fsp3) is 0.182. The molecule has 0 saturated heterocycles. The molecule has 0 bridgehead atoms. The van der Waals surface area contributed by atoms with Crippen LogP contribution in [0.25, 0.3) is 0 Å². The van der Waals surface area contributed by atoms with Crippen molar-refractivity contribution in [1.29, 1.82) is 0 Å². The molecule has 0 atom stereocenters. The second-order valence-corrected chi connectivity index (χ2v) is 2.66. The van der Waals surface area contributed by atoms with Crippen molar-refractivity contribution in [2.24, 2.45) is 0 Å². The Hall–Kier alpha value is -1.62. The van der Waals surface area contributed by atoms with E-state index in [4.69, 9.17) is 0 Å². The monoisotopic (exact) mass is 176 g/mol. The van der Waals surface area contributed by atoms with Gasteiger partial charge in [-0.05, 0) is 24.6 Å². The highest BCUT2D eigenvalue weighted by atomic mass is 19.1. The van der Waals surface area contributed by atoms with Crippen molar-refractivity contribution in [3.63, 3.8) is 0 Å². The Balaban J connectivity index is 2.91. The number of hydrogen-bond donors (Lipinski definition) is 0. The van der Waals surface area contributed by atoms with Gasteiger partial charge in [0.05, 0.1) is 12.0 Å². The Kier molecular flexibility index (Phi) is 3.22. The standard InChI is InChI=1S/C11H9FO/c1-9-5-6-10(11(12)8-9)4-2-3-7-13/h5-8H,3H2,1H3. The van der Waals surface area contributed by atoms with Crippen molar-refractivity contribution in [1.82, 2.24) is 0 Å². The summed E-state index contributed by atoms with van der Waals surface area (Å²) in [6, 6.07) is 4.82. The molecule has 0 saturated carbocycles. The lowest BCUT2D eigenvalue weighted by Crippen LogP contribution is -1.84. The summed E-state index contributed by atoms with van der Waals surface area (Å²) in [4.78, 5) is 9.94. The Labute approximate surface area is 76.6 Å². The maximum atomic E-state index is 13.1. The topological polar surface area (TPSA) is 17.1 Å². The molecule has 0 aliphatic heterocycles. The number of halogens is 1. The average molecular weight is 176 g/mol. The molecule has 2 heteroatoms. The molecule has 0 amide bonds. The number of benzene rings is 1. The van der Waals surface area contributed by atoms with Crippen molar-refractivity contribution in [3.8, 4) is 11.8 Å². The van der Waals surface area contributed by atoms with Crippen LogP contribution in [0.4, 0.5) is 4.39 Å². The van der Waals surface area contributed by atoms with Gasteiger partial charge in [-0.1, -0.05) is 17.9 Å². The Morgan fingerprint density at radius 2 is 2.31 bits per heavy atom. The van der Waals surface area contributed by atoms with E-state index in [0.717, 1.165) is 5.56 Å². The fourth-order valence-electron chi connectivity index (χ4n) is 0.909. The number of aryl methyl sites for hydroxylation is 1. The number of aldehydes is 1. The summed E-state index contributed by atoms with van der Waals surface area (Å²) in [7, 11) is 0. The molecule has 0 heterocycles. The van der Waals surface area contributed by atoms with Gasteiger partial charge in [-0.15, -0.1) is 0 Å². The molecule has 0 spiro atoms. The molecule has 0 fully saturated rings. The zero-order chi connectivity index (χ0) is 9.68. The molecule has 0 radical (unpaired) electrons. The first-order valence-corrected chi connectivity index (χ1v) is 3.92. The number of carbonyl (C=O) groups is 1. The summed E-state index contributed by atoms with van der Waals surface area (Å²) >= 11 is 0. The molecular formula is C11H9FO. The van der Waals surface area contributed by atoms with Crippen molar-refractivity contribution in [3.05, 3.63) is 35.1 Å². The van der Waals surface area contributed by atoms with Crippen LogP contribution in [0, 0.1) is 24.6 Å². The van der Waals surface area contributed by atoms with Crippen LogP contribution < -0.4 is 0 Å². The zero-order valence-corrected chi connectivity index (χ0v) is 7.30. The van der Waals surface area contributed by atoms with Gasteiger partial charge in [0.25, 0.3) is 0 Å². The smallest absolute Gasteiger partial charge is 0.139 e. The highest BCUT2D eigenvalue weighted by Crippen LogP contribution is 2.07. The molecule has 0 N–H and O–H groups in total. The SMILES string of the molecule is Cc1ccc(C#CCC=O)c(F)c1. The van der Waals surface area contributed by atoms with Crippen molar-refractivity contribution < 1.29 is 9.18 Å². The molecule has 0 aromatic heterocycles. The van der Waals surface area contributed by atoms with Gasteiger partial charge in [0.1, 0.15) is 12.1 Å². The minimum atomic E-state index is -0.335. The predicted octanol–water partition coefficient (Wildman–Crippen LogP) is 2.07. The number of hydrogen-bond acceptors (Lipinski definition) is 1. The quantitative estimate of drug-likeness (QED) is 0.473. The van der Waals surface area contributed by atoms with Crippen LogP contribution in [0.3, 0.4) is 0 Å². The van der Waals surface area contributed by atoms with Gasteiger partial charge in [0, 0.05) is 0 Å². The van der Waals surface area contributed by atoms with Crippen LogP contribution in [-0.4, -0.2) is 6.29 Å². The molecule has 1 aromatic rings. The van der Waals surface area contributed by atoms with Crippen LogP contribution in [-0.2, 0) is 4.79 Å². The molecule has 1 nitrogen and oxygen atoms in total. The molecule has 66 valence electrons. The molecule has 13 heavy (non-hydrogen) atoms. The third-order valence-corrected chi connectivity index (χ3v) is 1.53. The summed E-state index contributed by atoms with van der Waals surface area (Å²) in [5.41, 5.74) is 1.20. The van der Waals surface area contributed by atoms with Crippen LogP contribution >= 0.6 is 0 Å². The molecule has 0 unspecified atom stereocenters. The van der Waals surface area contributed by atoms with Crippen LogP contribution in [0.2, 0.25) is 0 Å². The summed E-state index contributed by atoms with van der Waals surface area (Å²) < 4.78 is 13.1. The second kappa shape index (κ2) is 4.42. The lowest BCUT2D eigenvalue weighted by atomic mass is 10.1. The van der Waals surface area contributed by atoms with E-state index in [1.807, 2.05) is 6.92 Å². The third kappa shape index (κ3) is 2.72. The Bertz CT molecular complexity index is 371. The van der Waals surface area contributed by atoms with Gasteiger partial charge < -0.3 is 4.79 Å². The fourth-order valence-corrected chi connectivity index (χ4v) is 0.909. The summed E-state index contributed by atoms with van der Waals surface area (Å²) in [6.45, 7) is 1.81. The highest BCUT2D eigenvalue weighted by molar-refractivity contribution is 5.55. The molecular weight excluding hydrogens is 167 g/mol. The maximum Gasteiger partial charge on any atom is 0.139 e. The predicted molar refractivity (Wildman–Crippen MR) is 48.7 cm³/mol. The number of rotatable bonds is 1. The van der Waals surface area contributed by atoms with E-state index in [1.54, 1.807) is 12.1 Å². The Morgan fingerprint density at radius 3 is 2.92 bits per heavy atom. The van der Waals surface area contributed by atoms with Gasteiger partial charge in [-0.2, -0.15) is 0 Å². The van der Waals surface area contributed by atoms with E-state index in [-0.39, 0.29) is 12.2 Å². The minimum absolute atomic E-state index is 0.146. The lowest BCUT2D eigenvalue weighted by molar-refractivity contribution is -0.107. The van der Waals surface area contributed by atoms with Gasteiger partial charge in [-0.25, -0.2) is 4.39 Å². The maximum absolute atomic E-state index is 13.1. The Morgan fingerprint density at radius 1 is 1.54 bits per heavy atom. The number of carbonyl (C=O) groups excluding carboxylic acids is 1. The minimum Gasteiger partial charge on any atom is -0.302 e. The third-order valence-electron chi connectivity index (χ3n) is 1.53. The summed E-state index contributed by atoms with van der Waals surface area (Å²) in [5, 5.41) is 0. The zero-order valence-electron chi connectivity index (χ0n) is 7.30. The van der Waals surface area contributed by atoms with E-state index < -0.39 is 0 Å². The van der Waals surface area contributed by atoms with E-state index >= 15 is 0 Å². The van der Waals surface area contributed by atoms with Crippen LogP contribution in [0.5, 0.6) is 0 Å². The van der Waals surface area contributed by atoms with Gasteiger partial charge in [0.15, 0.2) is 0 Å². The molecule has 1 rings (SSSR count). The normalized spacial score (nSPS) is 8.77. The van der Waals surface area contributed by atoms with Crippen molar-refractivity contribution in [2.45, 2.75) is 13.3 Å². The van der Waals surface area contributed by atoms with Gasteiger partial charge >= 0.3 is 0 Å². The largest absolute Gasteiger partial charge is 0.302 e. The van der Waals surface area contributed by atoms with Crippen molar-refractivity contribution in [2.75, 3.05) is 0 Å². The van der Waals surface area contributed by atoms with Crippen LogP contribution in [0.15, 0.2) is 18.2 Å². The lowest BCUT2D eigenvalue weighted by Gasteiger charge is -1.94. The first-order chi connectivity index (χ1) is 6.24. The summed E-state index contributed by atoms with van der Waals surface area (Å²) in [5.74, 6) is 4.80.